The van der Waals surface area contributed by atoms with E-state index in [1.54, 1.807) is 7.11 Å². The number of rotatable bonds is 6. The summed E-state index contributed by atoms with van der Waals surface area (Å²) in [5.41, 5.74) is 3.83. The van der Waals surface area contributed by atoms with Crippen LogP contribution in [0.3, 0.4) is 0 Å². The molecule has 0 heterocycles. The molecule has 1 rings (SSSR count). The van der Waals surface area contributed by atoms with Gasteiger partial charge < -0.3 is 4.74 Å². The average molecular weight is 218 g/mol. The lowest BCUT2D eigenvalue weighted by molar-refractivity contribution is 0.196. The number of hydrogen-bond donors (Lipinski definition) is 0. The Hall–Kier alpha value is -1.08. The Kier molecular flexibility index (Phi) is 5.27. The van der Waals surface area contributed by atoms with Gasteiger partial charge in [0.05, 0.1) is 0 Å². The van der Waals surface area contributed by atoms with E-state index in [1.807, 2.05) is 0 Å². The van der Waals surface area contributed by atoms with Gasteiger partial charge in [0.2, 0.25) is 0 Å². The smallest absolute Gasteiger partial charge is 0.0465 e. The largest absolute Gasteiger partial charge is 0.385 e. The first-order chi connectivity index (χ1) is 7.65. The minimum absolute atomic E-state index is 0.593. The molecule has 0 spiro atoms. The number of allylic oxidation sites excluding steroid dienone is 1. The highest BCUT2D eigenvalue weighted by Crippen LogP contribution is 2.21. The van der Waals surface area contributed by atoms with Crippen molar-refractivity contribution < 1.29 is 4.74 Å². The summed E-state index contributed by atoms with van der Waals surface area (Å²) in [5, 5.41) is 0. The molecule has 0 amide bonds. The summed E-state index contributed by atoms with van der Waals surface area (Å²) < 4.78 is 5.04. The average Bonchev–Trinajstić information content (AvgIpc) is 2.29. The van der Waals surface area contributed by atoms with Crippen molar-refractivity contribution in [3.8, 4) is 0 Å². The van der Waals surface area contributed by atoms with Crippen LogP contribution in [0.4, 0.5) is 0 Å². The topological polar surface area (TPSA) is 9.23 Å². The van der Waals surface area contributed by atoms with Crippen LogP contribution in [-0.2, 0) is 4.74 Å². The third-order valence-electron chi connectivity index (χ3n) is 2.81. The highest BCUT2D eigenvalue weighted by molar-refractivity contribution is 5.63. The quantitative estimate of drug-likeness (QED) is 0.649. The minimum atomic E-state index is 0.593. The molecule has 0 aliphatic heterocycles. The molecule has 1 nitrogen and oxygen atoms in total. The van der Waals surface area contributed by atoms with E-state index in [0.29, 0.717) is 5.92 Å². The van der Waals surface area contributed by atoms with Crippen LogP contribution in [0.25, 0.3) is 5.57 Å². The third kappa shape index (κ3) is 3.82. The summed E-state index contributed by atoms with van der Waals surface area (Å²) >= 11 is 0. The molecule has 0 unspecified atom stereocenters. The Morgan fingerprint density at radius 1 is 1.25 bits per heavy atom. The molecule has 1 aromatic rings. The van der Waals surface area contributed by atoms with Gasteiger partial charge in [-0.05, 0) is 35.5 Å². The lowest BCUT2D eigenvalue weighted by atomic mass is 9.98. The van der Waals surface area contributed by atoms with Crippen molar-refractivity contribution in [1.29, 1.82) is 0 Å². The Morgan fingerprint density at radius 3 is 2.38 bits per heavy atom. The molecular formula is C15H22O. The molecule has 1 heteroatoms. The molecule has 0 aliphatic carbocycles. The molecule has 0 saturated carbocycles. The first-order valence-electron chi connectivity index (χ1n) is 5.92. The molecule has 0 atom stereocenters. The number of benzene rings is 1. The predicted octanol–water partition coefficient (Wildman–Crippen LogP) is 4.25. The molecule has 16 heavy (non-hydrogen) atoms. The molecule has 0 bridgehead atoms. The summed E-state index contributed by atoms with van der Waals surface area (Å²) in [6.45, 7) is 9.35. The summed E-state index contributed by atoms with van der Waals surface area (Å²) in [7, 11) is 1.74. The van der Waals surface area contributed by atoms with E-state index in [4.69, 9.17) is 4.74 Å². The van der Waals surface area contributed by atoms with Crippen LogP contribution in [0.15, 0.2) is 30.8 Å². The summed E-state index contributed by atoms with van der Waals surface area (Å²) in [6, 6.07) is 8.73. The normalized spacial score (nSPS) is 10.8. The van der Waals surface area contributed by atoms with Crippen LogP contribution in [0.2, 0.25) is 0 Å². The van der Waals surface area contributed by atoms with Crippen molar-refractivity contribution in [2.45, 2.75) is 32.6 Å². The van der Waals surface area contributed by atoms with Crippen molar-refractivity contribution in [3.05, 3.63) is 42.0 Å². The zero-order valence-corrected chi connectivity index (χ0v) is 10.6. The number of hydrogen-bond acceptors (Lipinski definition) is 1. The van der Waals surface area contributed by atoms with E-state index in [0.717, 1.165) is 19.4 Å². The number of ether oxygens (including phenoxy) is 1. The highest BCUT2D eigenvalue weighted by atomic mass is 16.5. The summed E-state index contributed by atoms with van der Waals surface area (Å²) in [4.78, 5) is 0. The fourth-order valence-electron chi connectivity index (χ4n) is 1.68. The van der Waals surface area contributed by atoms with Gasteiger partial charge in [-0.25, -0.2) is 0 Å². The van der Waals surface area contributed by atoms with Crippen LogP contribution in [0, 0.1) is 0 Å². The van der Waals surface area contributed by atoms with Crippen LogP contribution in [0.1, 0.15) is 43.7 Å². The van der Waals surface area contributed by atoms with Crippen molar-refractivity contribution in [1.82, 2.24) is 0 Å². The maximum atomic E-state index is 5.04. The van der Waals surface area contributed by atoms with Gasteiger partial charge in [0.15, 0.2) is 0 Å². The molecule has 0 saturated heterocycles. The van der Waals surface area contributed by atoms with Crippen molar-refractivity contribution >= 4 is 5.57 Å². The maximum Gasteiger partial charge on any atom is 0.0465 e. The molecule has 88 valence electrons. The van der Waals surface area contributed by atoms with E-state index < -0.39 is 0 Å². The van der Waals surface area contributed by atoms with Crippen LogP contribution in [0.5, 0.6) is 0 Å². The Balaban J connectivity index is 2.56. The molecule has 0 aliphatic rings. The van der Waals surface area contributed by atoms with Crippen molar-refractivity contribution in [2.75, 3.05) is 13.7 Å². The number of methoxy groups -OCH3 is 1. The third-order valence-corrected chi connectivity index (χ3v) is 2.81. The zero-order chi connectivity index (χ0) is 12.0. The fraction of sp³-hybridized carbons (Fsp3) is 0.467. The van der Waals surface area contributed by atoms with Gasteiger partial charge in [0, 0.05) is 13.7 Å². The maximum absolute atomic E-state index is 5.04. The molecule has 0 N–H and O–H groups in total. The molecule has 0 aromatic heterocycles. The van der Waals surface area contributed by atoms with Crippen molar-refractivity contribution in [3.63, 3.8) is 0 Å². The van der Waals surface area contributed by atoms with Gasteiger partial charge in [0.25, 0.3) is 0 Å². The molecular weight excluding hydrogens is 196 g/mol. The van der Waals surface area contributed by atoms with Gasteiger partial charge in [0.1, 0.15) is 0 Å². The van der Waals surface area contributed by atoms with E-state index in [-0.39, 0.29) is 0 Å². The van der Waals surface area contributed by atoms with Crippen molar-refractivity contribution in [2.24, 2.45) is 0 Å². The van der Waals surface area contributed by atoms with E-state index in [1.165, 1.54) is 16.7 Å². The molecule has 1 aromatic carbocycles. The second-order valence-electron chi connectivity index (χ2n) is 4.48. The second kappa shape index (κ2) is 6.49. The van der Waals surface area contributed by atoms with Crippen LogP contribution < -0.4 is 0 Å². The van der Waals surface area contributed by atoms with Crippen LogP contribution in [-0.4, -0.2) is 13.7 Å². The Morgan fingerprint density at radius 2 is 1.88 bits per heavy atom. The second-order valence-corrected chi connectivity index (χ2v) is 4.48. The fourth-order valence-corrected chi connectivity index (χ4v) is 1.68. The van der Waals surface area contributed by atoms with Gasteiger partial charge in [-0.2, -0.15) is 0 Å². The summed E-state index contributed by atoms with van der Waals surface area (Å²) in [6.07, 6.45) is 2.05. The Bertz CT molecular complexity index is 322. The lowest BCUT2D eigenvalue weighted by Gasteiger charge is -2.09. The molecule has 0 radical (unpaired) electrons. The summed E-state index contributed by atoms with van der Waals surface area (Å²) in [5.74, 6) is 0.593. The predicted molar refractivity (Wildman–Crippen MR) is 70.7 cm³/mol. The zero-order valence-electron chi connectivity index (χ0n) is 10.6. The highest BCUT2D eigenvalue weighted by Gasteiger charge is 2.01. The van der Waals surface area contributed by atoms with Gasteiger partial charge in [-0.1, -0.05) is 44.7 Å². The van der Waals surface area contributed by atoms with Gasteiger partial charge >= 0.3 is 0 Å². The first kappa shape index (κ1) is 13.0. The van der Waals surface area contributed by atoms with Gasteiger partial charge in [-0.3, -0.25) is 0 Å². The monoisotopic (exact) mass is 218 g/mol. The van der Waals surface area contributed by atoms with Gasteiger partial charge in [-0.15, -0.1) is 0 Å². The van der Waals surface area contributed by atoms with E-state index >= 15 is 0 Å². The first-order valence-corrected chi connectivity index (χ1v) is 5.92. The SMILES string of the molecule is C=C(CCCOC)c1ccc(C(C)C)cc1. The lowest BCUT2D eigenvalue weighted by Crippen LogP contribution is -1.91. The standard InChI is InChI=1S/C15H22O/c1-12(2)14-7-9-15(10-8-14)13(3)6-5-11-16-4/h7-10,12H,3,5-6,11H2,1-2,4H3. The Labute approximate surface area is 99.1 Å². The van der Waals surface area contributed by atoms with E-state index in [9.17, 15) is 0 Å². The minimum Gasteiger partial charge on any atom is -0.385 e. The molecule has 0 fully saturated rings. The van der Waals surface area contributed by atoms with E-state index in [2.05, 4.69) is 44.7 Å². The van der Waals surface area contributed by atoms with Crippen LogP contribution >= 0.6 is 0 Å².